The summed E-state index contributed by atoms with van der Waals surface area (Å²) in [5.74, 6) is 0.876. The molecule has 0 aromatic carbocycles. The number of likely N-dealkylation sites (N-methyl/N-ethyl adjacent to an activating group) is 1. The van der Waals surface area contributed by atoms with E-state index in [1.165, 1.54) is 57.1 Å². The van der Waals surface area contributed by atoms with Crippen molar-refractivity contribution in [2.24, 2.45) is 33.0 Å². The molecule has 5 aliphatic rings. The summed E-state index contributed by atoms with van der Waals surface area (Å²) in [6.07, 6.45) is 20.3. The van der Waals surface area contributed by atoms with Gasteiger partial charge in [0, 0.05) is 39.4 Å². The first-order valence-electron chi connectivity index (χ1n) is 23.0. The monoisotopic (exact) mass is 813 g/mol. The molecule has 0 bridgehead atoms. The van der Waals surface area contributed by atoms with Crippen LogP contribution >= 0.6 is 0 Å². The van der Waals surface area contributed by atoms with E-state index in [4.69, 9.17) is 14.2 Å². The molecule has 0 atom stereocenters. The quantitative estimate of drug-likeness (QED) is 0.228. The number of hydrogen-bond acceptors (Lipinski definition) is 5. The fraction of sp³-hybridized carbons (Fsp3) is 0.827. The molecule has 1 aliphatic carbocycles. The number of amides is 1. The van der Waals surface area contributed by atoms with Gasteiger partial charge in [0.2, 0.25) is 0 Å². The molecule has 0 N–H and O–H groups in total. The van der Waals surface area contributed by atoms with Crippen LogP contribution in [0.15, 0.2) is 46.6 Å². The van der Waals surface area contributed by atoms with Gasteiger partial charge in [0.25, 0.3) is 0 Å². The van der Waals surface area contributed by atoms with E-state index in [1.807, 2.05) is 20.8 Å². The van der Waals surface area contributed by atoms with Crippen molar-refractivity contribution in [1.82, 2.24) is 9.80 Å². The lowest BCUT2D eigenvalue weighted by atomic mass is 9.76. The fourth-order valence-electron chi connectivity index (χ4n) is 7.59. The maximum absolute atomic E-state index is 11.8. The summed E-state index contributed by atoms with van der Waals surface area (Å²) in [5.41, 5.74) is 7.71. The van der Waals surface area contributed by atoms with Crippen molar-refractivity contribution in [3.05, 3.63) is 46.6 Å². The molecule has 6 heteroatoms. The normalized spacial score (nSPS) is 20.4. The second-order valence-electron chi connectivity index (χ2n) is 23.4. The average Bonchev–Trinajstić information content (AvgIpc) is 3.12. The van der Waals surface area contributed by atoms with Gasteiger partial charge in [0.15, 0.2) is 0 Å². The lowest BCUT2D eigenvalue weighted by Crippen LogP contribution is -2.40. The zero-order valence-electron chi connectivity index (χ0n) is 41.9. The van der Waals surface area contributed by atoms with Gasteiger partial charge in [-0.25, -0.2) is 4.79 Å². The van der Waals surface area contributed by atoms with Crippen molar-refractivity contribution in [2.75, 3.05) is 59.7 Å². The van der Waals surface area contributed by atoms with Crippen LogP contribution in [0.2, 0.25) is 0 Å². The summed E-state index contributed by atoms with van der Waals surface area (Å²) in [6, 6.07) is 0. The highest BCUT2D eigenvalue weighted by Crippen LogP contribution is 2.35. The van der Waals surface area contributed by atoms with Crippen LogP contribution < -0.4 is 0 Å². The summed E-state index contributed by atoms with van der Waals surface area (Å²) in [4.78, 5) is 16.0. The van der Waals surface area contributed by atoms with Crippen LogP contribution in [-0.4, -0.2) is 81.1 Å². The van der Waals surface area contributed by atoms with Crippen LogP contribution in [0.25, 0.3) is 0 Å². The van der Waals surface area contributed by atoms with Crippen molar-refractivity contribution >= 4 is 6.09 Å². The molecule has 58 heavy (non-hydrogen) atoms. The number of nitrogens with zero attached hydrogens (tertiary/aromatic N) is 2. The van der Waals surface area contributed by atoms with Gasteiger partial charge in [0.05, 0.1) is 13.2 Å². The Kier molecular flexibility index (Phi) is 22.3. The lowest BCUT2D eigenvalue weighted by Gasteiger charge is -2.33. The second kappa shape index (κ2) is 23.9. The van der Waals surface area contributed by atoms with Crippen molar-refractivity contribution in [3.8, 4) is 0 Å². The molecule has 338 valence electrons. The van der Waals surface area contributed by atoms with E-state index in [0.29, 0.717) is 28.2 Å². The molecule has 0 unspecified atom stereocenters. The molecule has 0 saturated carbocycles. The minimum absolute atomic E-state index is 0.207. The van der Waals surface area contributed by atoms with Crippen LogP contribution in [-0.2, 0) is 14.2 Å². The smallest absolute Gasteiger partial charge is 0.410 e. The Bertz CT molecular complexity index is 1280. The number of rotatable bonds is 0. The molecule has 1 fully saturated rings. The van der Waals surface area contributed by atoms with E-state index in [1.54, 1.807) is 21.6 Å². The van der Waals surface area contributed by atoms with E-state index >= 15 is 0 Å². The predicted octanol–water partition coefficient (Wildman–Crippen LogP) is 14.3. The minimum atomic E-state index is -0.412. The van der Waals surface area contributed by atoms with Gasteiger partial charge in [-0.05, 0) is 119 Å². The number of carbonyl (C=O) groups is 1. The molecule has 4 aliphatic heterocycles. The van der Waals surface area contributed by atoms with Gasteiger partial charge >= 0.3 is 6.09 Å². The highest BCUT2D eigenvalue weighted by Gasteiger charge is 2.28. The highest BCUT2D eigenvalue weighted by molar-refractivity contribution is 5.68. The summed E-state index contributed by atoms with van der Waals surface area (Å²) in [5, 5.41) is 0. The zero-order chi connectivity index (χ0) is 44.6. The summed E-state index contributed by atoms with van der Waals surface area (Å²) < 4.78 is 15.9. The molecule has 0 aromatic rings. The van der Waals surface area contributed by atoms with Crippen LogP contribution in [0.3, 0.4) is 0 Å². The first kappa shape index (κ1) is 54.1. The molecule has 0 radical (unpaired) electrons. The standard InChI is InChI=1S/C14H25NO2.C10H19N.C10H18.C9H18O.C9H16O/c1-13(2,3)11-7-9-15(10-8-11)12(16)17-14(4,5)6;1-10(2,3)9-5-7-11(4)8-6-9;1-10(2,3)9-7-5-4-6-8-9;2*1-9(2,3)8-4-6-10-7-5-8/h7H,8-10H2,1-6H3;5H,6-8H2,1-4H3;7H,4-6,8H2,1-3H3;8H,4-7H2,1-3H3;4H,5-7H2,1-3H3. The van der Waals surface area contributed by atoms with Gasteiger partial charge in [-0.15, -0.1) is 0 Å². The molecular weight excluding hydrogens is 717 g/mol. The molecular formula is C52H96N2O4. The Hall–Kier alpha value is -1.89. The first-order chi connectivity index (χ1) is 26.4. The third-order valence-electron chi connectivity index (χ3n) is 11.8. The van der Waals surface area contributed by atoms with Gasteiger partial charge < -0.3 is 24.0 Å². The Morgan fingerprint density at radius 2 is 1.05 bits per heavy atom. The number of ether oxygens (including phenoxy) is 3. The molecule has 6 nitrogen and oxygen atoms in total. The predicted molar refractivity (Wildman–Crippen MR) is 252 cm³/mol. The summed E-state index contributed by atoms with van der Waals surface area (Å²) >= 11 is 0. The molecule has 4 heterocycles. The van der Waals surface area contributed by atoms with Crippen LogP contribution in [0.5, 0.6) is 0 Å². The van der Waals surface area contributed by atoms with E-state index in [0.717, 1.165) is 58.3 Å². The van der Waals surface area contributed by atoms with Gasteiger partial charge in [0.1, 0.15) is 5.60 Å². The number of hydrogen-bond donors (Lipinski definition) is 0. The third kappa shape index (κ3) is 23.2. The topological polar surface area (TPSA) is 51.2 Å². The SMILES string of the molecule is CC(C)(C)C1=CCCCC1.CC(C)(C)C1=CCOCC1.CC(C)(C)C1CCOCC1.CC(C)(C)OC(=O)N1CC=C(C(C)(C)C)CC1.CN1CC=C(C(C)(C)C)CC1. The van der Waals surface area contributed by atoms with Crippen molar-refractivity contribution in [1.29, 1.82) is 0 Å². The minimum Gasteiger partial charge on any atom is -0.444 e. The van der Waals surface area contributed by atoms with Crippen LogP contribution in [0.4, 0.5) is 4.79 Å². The highest BCUT2D eigenvalue weighted by atomic mass is 16.6. The van der Waals surface area contributed by atoms with Gasteiger partial charge in [-0.2, -0.15) is 0 Å². The van der Waals surface area contributed by atoms with Gasteiger partial charge in [-0.3, -0.25) is 0 Å². The van der Waals surface area contributed by atoms with E-state index < -0.39 is 5.60 Å². The van der Waals surface area contributed by atoms with Crippen molar-refractivity contribution in [3.63, 3.8) is 0 Å². The molecule has 1 saturated heterocycles. The Morgan fingerprint density at radius 1 is 0.569 bits per heavy atom. The lowest BCUT2D eigenvalue weighted by molar-refractivity contribution is 0.0262. The number of carbonyl (C=O) groups excluding carboxylic acids is 1. The number of allylic oxidation sites excluding steroid dienone is 2. The Morgan fingerprint density at radius 3 is 1.36 bits per heavy atom. The fourth-order valence-corrected chi connectivity index (χ4v) is 7.59. The van der Waals surface area contributed by atoms with Crippen molar-refractivity contribution < 1.29 is 19.0 Å². The van der Waals surface area contributed by atoms with E-state index in [9.17, 15) is 4.79 Å². The zero-order valence-corrected chi connectivity index (χ0v) is 41.9. The second-order valence-corrected chi connectivity index (χ2v) is 23.4. The molecule has 0 spiro atoms. The Balaban J connectivity index is 0.000000369. The molecule has 5 rings (SSSR count). The van der Waals surface area contributed by atoms with Crippen LogP contribution in [0, 0.1) is 33.0 Å². The third-order valence-corrected chi connectivity index (χ3v) is 11.8. The van der Waals surface area contributed by atoms with Gasteiger partial charge in [-0.1, -0.05) is 150 Å². The summed E-state index contributed by atoms with van der Waals surface area (Å²) in [6.45, 7) is 47.3. The first-order valence-corrected chi connectivity index (χ1v) is 23.0. The summed E-state index contributed by atoms with van der Waals surface area (Å²) in [7, 11) is 2.18. The van der Waals surface area contributed by atoms with Crippen molar-refractivity contribution in [2.45, 2.75) is 188 Å². The van der Waals surface area contributed by atoms with E-state index in [2.05, 4.69) is 140 Å². The Labute approximate surface area is 361 Å². The largest absolute Gasteiger partial charge is 0.444 e. The maximum atomic E-state index is 11.8. The van der Waals surface area contributed by atoms with Crippen LogP contribution in [0.1, 0.15) is 182 Å². The molecule has 0 aromatic heterocycles. The average molecular weight is 813 g/mol. The van der Waals surface area contributed by atoms with E-state index in [-0.39, 0.29) is 11.5 Å². The molecule has 1 amide bonds. The maximum Gasteiger partial charge on any atom is 0.410 e.